The standard InChI is InChI=1S/C16H22BrNS/c1-3-5-6-9-14(18-12-4-2)13-19-16-11-8-7-10-15(16)17/h1,7-8,10-11,14,18H,4-6,9,12-13H2,2H3. The van der Waals surface area contributed by atoms with Gasteiger partial charge in [0.2, 0.25) is 0 Å². The summed E-state index contributed by atoms with van der Waals surface area (Å²) in [5.41, 5.74) is 0. The van der Waals surface area contributed by atoms with Crippen LogP contribution in [0.4, 0.5) is 0 Å². The van der Waals surface area contributed by atoms with Crippen molar-refractivity contribution in [2.24, 2.45) is 0 Å². The second-order valence-electron chi connectivity index (χ2n) is 4.49. The number of terminal acetylenes is 1. The van der Waals surface area contributed by atoms with Gasteiger partial charge in [-0.15, -0.1) is 24.1 Å². The van der Waals surface area contributed by atoms with Crippen LogP contribution in [0.15, 0.2) is 33.6 Å². The Morgan fingerprint density at radius 3 is 2.89 bits per heavy atom. The monoisotopic (exact) mass is 339 g/mol. The summed E-state index contributed by atoms with van der Waals surface area (Å²) in [5.74, 6) is 3.81. The molecule has 1 unspecified atom stereocenters. The van der Waals surface area contributed by atoms with E-state index in [0.717, 1.165) is 31.6 Å². The molecule has 0 saturated heterocycles. The maximum Gasteiger partial charge on any atom is 0.0311 e. The predicted octanol–water partition coefficient (Wildman–Crippen LogP) is 4.71. The molecule has 0 heterocycles. The number of thioether (sulfide) groups is 1. The lowest BCUT2D eigenvalue weighted by molar-refractivity contribution is 0.508. The van der Waals surface area contributed by atoms with Gasteiger partial charge in [0.05, 0.1) is 0 Å². The number of rotatable bonds is 9. The summed E-state index contributed by atoms with van der Waals surface area (Å²) < 4.78 is 1.18. The first kappa shape index (κ1) is 16.6. The Bertz CT molecular complexity index is 400. The first-order valence-corrected chi connectivity index (χ1v) is 8.60. The molecule has 0 amide bonds. The average Bonchev–Trinajstić information content (AvgIpc) is 2.43. The van der Waals surface area contributed by atoms with Crippen molar-refractivity contribution in [2.75, 3.05) is 12.3 Å². The molecule has 0 radical (unpaired) electrons. The second kappa shape index (κ2) is 10.4. The molecule has 0 aromatic heterocycles. The van der Waals surface area contributed by atoms with E-state index in [4.69, 9.17) is 6.42 Å². The average molecular weight is 340 g/mol. The summed E-state index contributed by atoms with van der Waals surface area (Å²) in [5, 5.41) is 3.61. The summed E-state index contributed by atoms with van der Waals surface area (Å²) in [6, 6.07) is 8.93. The van der Waals surface area contributed by atoms with Crippen molar-refractivity contribution in [1.29, 1.82) is 0 Å². The molecule has 1 atom stereocenters. The molecule has 104 valence electrons. The molecule has 3 heteroatoms. The van der Waals surface area contributed by atoms with E-state index in [1.165, 1.54) is 15.8 Å². The zero-order chi connectivity index (χ0) is 13.9. The minimum absolute atomic E-state index is 0.547. The summed E-state index contributed by atoms with van der Waals surface area (Å²) in [7, 11) is 0. The van der Waals surface area contributed by atoms with E-state index < -0.39 is 0 Å². The molecule has 1 rings (SSSR count). The first-order valence-electron chi connectivity index (χ1n) is 6.82. The van der Waals surface area contributed by atoms with Crippen LogP contribution in [-0.2, 0) is 0 Å². The van der Waals surface area contributed by atoms with Crippen LogP contribution in [0.1, 0.15) is 32.6 Å². The summed E-state index contributed by atoms with van der Waals surface area (Å²) in [4.78, 5) is 1.31. The van der Waals surface area contributed by atoms with Gasteiger partial charge in [0.1, 0.15) is 0 Å². The van der Waals surface area contributed by atoms with E-state index in [0.29, 0.717) is 6.04 Å². The molecule has 1 aromatic carbocycles. The van der Waals surface area contributed by atoms with Gasteiger partial charge >= 0.3 is 0 Å². The van der Waals surface area contributed by atoms with Gasteiger partial charge in [-0.2, -0.15) is 0 Å². The molecule has 1 aromatic rings. The van der Waals surface area contributed by atoms with Gasteiger partial charge < -0.3 is 5.32 Å². The fourth-order valence-electron chi connectivity index (χ4n) is 1.80. The number of halogens is 1. The fourth-order valence-corrected chi connectivity index (χ4v) is 3.47. The number of unbranched alkanes of at least 4 members (excludes halogenated alkanes) is 1. The third-order valence-electron chi connectivity index (χ3n) is 2.83. The number of hydrogen-bond donors (Lipinski definition) is 1. The molecule has 1 nitrogen and oxygen atoms in total. The van der Waals surface area contributed by atoms with E-state index in [2.05, 4.69) is 52.3 Å². The lowest BCUT2D eigenvalue weighted by Crippen LogP contribution is -2.31. The van der Waals surface area contributed by atoms with E-state index in [-0.39, 0.29) is 0 Å². The zero-order valence-corrected chi connectivity index (χ0v) is 13.9. The Morgan fingerprint density at radius 2 is 2.21 bits per heavy atom. The highest BCUT2D eigenvalue weighted by molar-refractivity contribution is 9.10. The molecular weight excluding hydrogens is 318 g/mol. The molecule has 0 fully saturated rings. The molecule has 0 saturated carbocycles. The van der Waals surface area contributed by atoms with Gasteiger partial charge in [-0.05, 0) is 53.9 Å². The Kier molecular flexibility index (Phi) is 9.07. The van der Waals surface area contributed by atoms with Crippen LogP contribution in [-0.4, -0.2) is 18.3 Å². The number of benzene rings is 1. The Labute approximate surface area is 130 Å². The van der Waals surface area contributed by atoms with Crippen molar-refractivity contribution in [1.82, 2.24) is 5.32 Å². The molecule has 1 N–H and O–H groups in total. The predicted molar refractivity (Wildman–Crippen MR) is 89.6 cm³/mol. The van der Waals surface area contributed by atoms with E-state index in [1.807, 2.05) is 17.8 Å². The quantitative estimate of drug-likeness (QED) is 0.397. The molecule has 0 aliphatic carbocycles. The van der Waals surface area contributed by atoms with Crippen LogP contribution in [0.25, 0.3) is 0 Å². The van der Waals surface area contributed by atoms with Crippen molar-refractivity contribution >= 4 is 27.7 Å². The summed E-state index contributed by atoms with van der Waals surface area (Å²) >= 11 is 5.50. The SMILES string of the molecule is C#CCCCC(CSc1ccccc1Br)NCCC. The largest absolute Gasteiger partial charge is 0.313 e. The molecule has 0 bridgehead atoms. The van der Waals surface area contributed by atoms with Crippen LogP contribution in [0.3, 0.4) is 0 Å². The van der Waals surface area contributed by atoms with Crippen molar-refractivity contribution < 1.29 is 0 Å². The summed E-state index contributed by atoms with van der Waals surface area (Å²) in [6.45, 7) is 3.28. The van der Waals surface area contributed by atoms with Crippen LogP contribution in [0.5, 0.6) is 0 Å². The van der Waals surface area contributed by atoms with E-state index >= 15 is 0 Å². The van der Waals surface area contributed by atoms with Crippen molar-refractivity contribution in [3.63, 3.8) is 0 Å². The highest BCUT2D eigenvalue weighted by atomic mass is 79.9. The van der Waals surface area contributed by atoms with Gasteiger partial charge in [-0.3, -0.25) is 0 Å². The third kappa shape index (κ3) is 7.06. The van der Waals surface area contributed by atoms with Crippen LogP contribution >= 0.6 is 27.7 Å². The Morgan fingerprint density at radius 1 is 1.42 bits per heavy atom. The normalized spacial score (nSPS) is 12.1. The van der Waals surface area contributed by atoms with Gasteiger partial charge in [-0.1, -0.05) is 19.1 Å². The maximum atomic E-state index is 5.32. The van der Waals surface area contributed by atoms with Crippen LogP contribution < -0.4 is 5.32 Å². The fraction of sp³-hybridized carbons (Fsp3) is 0.500. The van der Waals surface area contributed by atoms with Crippen LogP contribution in [0, 0.1) is 12.3 Å². The van der Waals surface area contributed by atoms with Gasteiger partial charge in [0.15, 0.2) is 0 Å². The van der Waals surface area contributed by atoms with Crippen molar-refractivity contribution in [3.05, 3.63) is 28.7 Å². The topological polar surface area (TPSA) is 12.0 Å². The number of nitrogens with one attached hydrogen (secondary N) is 1. The first-order chi connectivity index (χ1) is 9.27. The second-order valence-corrected chi connectivity index (χ2v) is 6.40. The summed E-state index contributed by atoms with van der Waals surface area (Å²) in [6.07, 6.45) is 9.63. The Hall–Kier alpha value is -0.430. The number of hydrogen-bond acceptors (Lipinski definition) is 2. The lowest BCUT2D eigenvalue weighted by Gasteiger charge is -2.18. The molecule has 19 heavy (non-hydrogen) atoms. The highest BCUT2D eigenvalue weighted by Gasteiger charge is 2.09. The minimum Gasteiger partial charge on any atom is -0.313 e. The molecular formula is C16H22BrNS. The third-order valence-corrected chi connectivity index (χ3v) is 5.02. The zero-order valence-electron chi connectivity index (χ0n) is 11.5. The van der Waals surface area contributed by atoms with E-state index in [1.54, 1.807) is 0 Å². The van der Waals surface area contributed by atoms with E-state index in [9.17, 15) is 0 Å². The van der Waals surface area contributed by atoms with Crippen molar-refractivity contribution in [2.45, 2.75) is 43.5 Å². The minimum atomic E-state index is 0.547. The van der Waals surface area contributed by atoms with Crippen molar-refractivity contribution in [3.8, 4) is 12.3 Å². The molecule has 0 aliphatic heterocycles. The lowest BCUT2D eigenvalue weighted by atomic mass is 10.1. The van der Waals surface area contributed by atoms with Gasteiger partial charge in [0.25, 0.3) is 0 Å². The highest BCUT2D eigenvalue weighted by Crippen LogP contribution is 2.28. The molecule has 0 aliphatic rings. The van der Waals surface area contributed by atoms with Gasteiger partial charge in [0, 0.05) is 27.6 Å². The maximum absolute atomic E-state index is 5.32. The van der Waals surface area contributed by atoms with Crippen LogP contribution in [0.2, 0.25) is 0 Å². The molecule has 0 spiro atoms. The van der Waals surface area contributed by atoms with Gasteiger partial charge in [-0.25, -0.2) is 0 Å². The smallest absolute Gasteiger partial charge is 0.0311 e. The Balaban J connectivity index is 2.43.